The number of aromatic nitrogens is 1. The number of hydrogen-bond donors (Lipinski definition) is 1. The first-order valence-electron chi connectivity index (χ1n) is 6.76. The van der Waals surface area contributed by atoms with Crippen LogP contribution in [0.5, 0.6) is 11.5 Å². The molecule has 4 nitrogen and oxygen atoms in total. The van der Waals surface area contributed by atoms with Crippen molar-refractivity contribution in [2.45, 2.75) is 26.8 Å². The number of nitrogens with zero attached hydrogens (tertiary/aromatic N) is 1. The fourth-order valence-electron chi connectivity index (χ4n) is 1.81. The van der Waals surface area contributed by atoms with Gasteiger partial charge in [-0.25, -0.2) is 4.98 Å². The smallest absolute Gasteiger partial charge is 0.161 e. The molecule has 0 bridgehead atoms. The Bertz CT molecular complexity index is 567. The van der Waals surface area contributed by atoms with E-state index in [0.29, 0.717) is 13.2 Å². The molecule has 0 aliphatic heterocycles. The molecule has 1 unspecified atom stereocenters. The van der Waals surface area contributed by atoms with E-state index in [9.17, 15) is 0 Å². The zero-order chi connectivity index (χ0) is 14.5. The summed E-state index contributed by atoms with van der Waals surface area (Å²) in [6, 6.07) is 5.85. The van der Waals surface area contributed by atoms with Crippen LogP contribution in [-0.4, -0.2) is 18.2 Å². The number of hydrogen-bond acceptors (Lipinski definition) is 5. The van der Waals surface area contributed by atoms with Crippen LogP contribution in [0, 0.1) is 0 Å². The molecule has 0 aliphatic carbocycles. The van der Waals surface area contributed by atoms with Gasteiger partial charge in [-0.1, -0.05) is 0 Å². The highest BCUT2D eigenvalue weighted by molar-refractivity contribution is 7.13. The Morgan fingerprint density at radius 3 is 2.50 bits per heavy atom. The molecule has 0 amide bonds. The second-order valence-electron chi connectivity index (χ2n) is 4.39. The van der Waals surface area contributed by atoms with E-state index in [-0.39, 0.29) is 6.04 Å². The molecule has 0 aliphatic rings. The average Bonchev–Trinajstić information content (AvgIpc) is 2.91. The maximum absolute atomic E-state index is 5.85. The topological polar surface area (TPSA) is 57.4 Å². The summed E-state index contributed by atoms with van der Waals surface area (Å²) in [6.07, 6.45) is 0. The van der Waals surface area contributed by atoms with Gasteiger partial charge >= 0.3 is 0 Å². The van der Waals surface area contributed by atoms with Crippen LogP contribution in [0.3, 0.4) is 0 Å². The van der Waals surface area contributed by atoms with Gasteiger partial charge in [0.2, 0.25) is 0 Å². The third-order valence-corrected chi connectivity index (χ3v) is 3.69. The molecule has 1 atom stereocenters. The van der Waals surface area contributed by atoms with Crippen molar-refractivity contribution in [3.8, 4) is 22.1 Å². The highest BCUT2D eigenvalue weighted by Crippen LogP contribution is 2.34. The van der Waals surface area contributed by atoms with E-state index in [0.717, 1.165) is 27.8 Å². The quantitative estimate of drug-likeness (QED) is 0.883. The minimum absolute atomic E-state index is 0.0472. The molecule has 0 saturated heterocycles. The number of ether oxygens (including phenoxy) is 2. The summed E-state index contributed by atoms with van der Waals surface area (Å²) in [5.74, 6) is 1.52. The summed E-state index contributed by atoms with van der Waals surface area (Å²) in [7, 11) is 0. The molecule has 1 aromatic carbocycles. The Hall–Kier alpha value is -1.59. The van der Waals surface area contributed by atoms with Crippen molar-refractivity contribution in [2.75, 3.05) is 13.2 Å². The van der Waals surface area contributed by atoms with Crippen LogP contribution < -0.4 is 15.2 Å². The summed E-state index contributed by atoms with van der Waals surface area (Å²) in [5.41, 5.74) is 7.78. The third kappa shape index (κ3) is 3.29. The van der Waals surface area contributed by atoms with Gasteiger partial charge in [-0.3, -0.25) is 0 Å². The summed E-state index contributed by atoms with van der Waals surface area (Å²) in [5, 5.41) is 2.94. The van der Waals surface area contributed by atoms with Crippen molar-refractivity contribution >= 4 is 11.3 Å². The van der Waals surface area contributed by atoms with Gasteiger partial charge in [-0.2, -0.15) is 0 Å². The van der Waals surface area contributed by atoms with E-state index in [4.69, 9.17) is 15.2 Å². The minimum Gasteiger partial charge on any atom is -0.490 e. The van der Waals surface area contributed by atoms with Crippen LogP contribution in [0.25, 0.3) is 10.6 Å². The predicted molar refractivity (Wildman–Crippen MR) is 82.5 cm³/mol. The van der Waals surface area contributed by atoms with E-state index in [1.807, 2.05) is 44.4 Å². The third-order valence-electron chi connectivity index (χ3n) is 2.78. The molecule has 1 aromatic heterocycles. The number of benzene rings is 1. The summed E-state index contributed by atoms with van der Waals surface area (Å²) in [6.45, 7) is 7.07. The van der Waals surface area contributed by atoms with Gasteiger partial charge in [0.1, 0.15) is 5.01 Å². The van der Waals surface area contributed by atoms with Crippen molar-refractivity contribution in [3.05, 3.63) is 29.3 Å². The predicted octanol–water partition coefficient (Wildman–Crippen LogP) is 3.63. The fraction of sp³-hybridized carbons (Fsp3) is 0.400. The van der Waals surface area contributed by atoms with Crippen molar-refractivity contribution in [3.63, 3.8) is 0 Å². The van der Waals surface area contributed by atoms with Crippen molar-refractivity contribution in [1.29, 1.82) is 0 Å². The maximum Gasteiger partial charge on any atom is 0.161 e. The molecule has 0 spiro atoms. The molecular formula is C15H20N2O2S. The Morgan fingerprint density at radius 1 is 1.20 bits per heavy atom. The molecule has 0 fully saturated rings. The van der Waals surface area contributed by atoms with Crippen LogP contribution in [0.15, 0.2) is 23.6 Å². The van der Waals surface area contributed by atoms with E-state index in [1.54, 1.807) is 11.3 Å². The Balaban J connectivity index is 2.33. The van der Waals surface area contributed by atoms with Crippen LogP contribution in [0.4, 0.5) is 0 Å². The number of thiazole rings is 1. The van der Waals surface area contributed by atoms with Crippen LogP contribution in [0.2, 0.25) is 0 Å². The summed E-state index contributed by atoms with van der Waals surface area (Å²) in [4.78, 5) is 4.55. The first kappa shape index (κ1) is 14.8. The van der Waals surface area contributed by atoms with Crippen molar-refractivity contribution < 1.29 is 9.47 Å². The molecule has 1 heterocycles. The lowest BCUT2D eigenvalue weighted by molar-refractivity contribution is 0.288. The van der Waals surface area contributed by atoms with Gasteiger partial charge in [-0.05, 0) is 39.0 Å². The maximum atomic E-state index is 5.85. The molecular weight excluding hydrogens is 272 g/mol. The molecule has 20 heavy (non-hydrogen) atoms. The molecule has 2 rings (SSSR count). The minimum atomic E-state index is -0.0472. The van der Waals surface area contributed by atoms with Crippen LogP contribution in [0.1, 0.15) is 32.5 Å². The Morgan fingerprint density at radius 2 is 1.90 bits per heavy atom. The Kier molecular flexibility index (Phi) is 4.98. The van der Waals surface area contributed by atoms with Crippen molar-refractivity contribution in [1.82, 2.24) is 4.98 Å². The molecule has 5 heteroatoms. The largest absolute Gasteiger partial charge is 0.490 e. The standard InChI is InChI=1S/C15H20N2O2S/c1-4-18-13-7-6-11(8-14(13)19-5-2)15-17-12(9-20-15)10(3)16/h6-10H,4-5,16H2,1-3H3. The molecule has 0 saturated carbocycles. The van der Waals surface area contributed by atoms with Gasteiger partial charge in [0.05, 0.1) is 18.9 Å². The zero-order valence-electron chi connectivity index (χ0n) is 12.1. The second-order valence-corrected chi connectivity index (χ2v) is 5.25. The molecule has 2 N–H and O–H groups in total. The van der Waals surface area contributed by atoms with Crippen LogP contribution >= 0.6 is 11.3 Å². The van der Waals surface area contributed by atoms with Gasteiger partial charge in [0, 0.05) is 17.0 Å². The highest BCUT2D eigenvalue weighted by Gasteiger charge is 2.11. The fourth-order valence-corrected chi connectivity index (χ4v) is 2.73. The number of nitrogens with two attached hydrogens (primary N) is 1. The van der Waals surface area contributed by atoms with Gasteiger partial charge in [-0.15, -0.1) is 11.3 Å². The van der Waals surface area contributed by atoms with E-state index >= 15 is 0 Å². The Labute approximate surface area is 123 Å². The van der Waals surface area contributed by atoms with Gasteiger partial charge in [0.25, 0.3) is 0 Å². The average molecular weight is 292 g/mol. The first-order chi connectivity index (χ1) is 9.65. The lowest BCUT2D eigenvalue weighted by Gasteiger charge is -2.11. The lowest BCUT2D eigenvalue weighted by atomic mass is 10.2. The lowest BCUT2D eigenvalue weighted by Crippen LogP contribution is -2.04. The van der Waals surface area contributed by atoms with E-state index in [2.05, 4.69) is 4.98 Å². The highest BCUT2D eigenvalue weighted by atomic mass is 32.1. The molecule has 2 aromatic rings. The van der Waals surface area contributed by atoms with Gasteiger partial charge in [0.15, 0.2) is 11.5 Å². The van der Waals surface area contributed by atoms with Crippen LogP contribution in [-0.2, 0) is 0 Å². The molecule has 0 radical (unpaired) electrons. The first-order valence-corrected chi connectivity index (χ1v) is 7.64. The monoisotopic (exact) mass is 292 g/mol. The zero-order valence-corrected chi connectivity index (χ0v) is 12.9. The van der Waals surface area contributed by atoms with Gasteiger partial charge < -0.3 is 15.2 Å². The summed E-state index contributed by atoms with van der Waals surface area (Å²) >= 11 is 1.59. The number of rotatable bonds is 6. The normalized spacial score (nSPS) is 12.2. The summed E-state index contributed by atoms with van der Waals surface area (Å²) < 4.78 is 11.2. The van der Waals surface area contributed by atoms with Crippen molar-refractivity contribution in [2.24, 2.45) is 5.73 Å². The molecule has 108 valence electrons. The second kappa shape index (κ2) is 6.72. The van der Waals surface area contributed by atoms with E-state index in [1.165, 1.54) is 0 Å². The van der Waals surface area contributed by atoms with E-state index < -0.39 is 0 Å². The SMILES string of the molecule is CCOc1ccc(-c2nc(C(C)N)cs2)cc1OCC.